The van der Waals surface area contributed by atoms with Crippen LogP contribution in [0.2, 0.25) is 5.02 Å². The van der Waals surface area contributed by atoms with Gasteiger partial charge in [-0.2, -0.15) is 0 Å². The molecule has 32 heavy (non-hydrogen) atoms. The third kappa shape index (κ3) is 4.74. The molecule has 2 aromatic rings. The van der Waals surface area contributed by atoms with E-state index in [0.717, 1.165) is 6.54 Å². The molecule has 1 heterocycles. The van der Waals surface area contributed by atoms with Crippen LogP contribution in [0.5, 0.6) is 11.5 Å². The quantitative estimate of drug-likeness (QED) is 0.369. The first-order valence-electron chi connectivity index (χ1n) is 10.2. The van der Waals surface area contributed by atoms with Crippen molar-refractivity contribution in [3.05, 3.63) is 64.2 Å². The van der Waals surface area contributed by atoms with E-state index in [2.05, 4.69) is 0 Å². The number of halogens is 1. The van der Waals surface area contributed by atoms with Gasteiger partial charge in [-0.1, -0.05) is 23.7 Å². The van der Waals surface area contributed by atoms with E-state index in [1.54, 1.807) is 42.5 Å². The Labute approximate surface area is 192 Å². The van der Waals surface area contributed by atoms with Crippen LogP contribution in [-0.4, -0.2) is 68.0 Å². The van der Waals surface area contributed by atoms with Crippen LogP contribution in [0.3, 0.4) is 0 Å². The van der Waals surface area contributed by atoms with Gasteiger partial charge < -0.3 is 24.4 Å². The standard InChI is InChI=1S/C24H27ClN2O5/c1-26(2)12-5-13-27-21(15-6-9-17(25)10-7-15)20(23(29)24(27)30)22(28)16-8-11-18(31-3)19(14-16)32-4/h6-11,14,21,28H,5,12-13H2,1-4H3/t21-/m0/s1. The summed E-state index contributed by atoms with van der Waals surface area (Å²) in [5.41, 5.74) is 1.09. The summed E-state index contributed by atoms with van der Waals surface area (Å²) in [6, 6.07) is 11.0. The Balaban J connectivity index is 2.11. The summed E-state index contributed by atoms with van der Waals surface area (Å²) >= 11 is 6.05. The molecule has 1 aliphatic heterocycles. The maximum atomic E-state index is 13.1. The van der Waals surface area contributed by atoms with Crippen LogP contribution in [-0.2, 0) is 9.59 Å². The van der Waals surface area contributed by atoms with E-state index in [1.165, 1.54) is 19.1 Å². The second-order valence-electron chi connectivity index (χ2n) is 7.77. The van der Waals surface area contributed by atoms with Gasteiger partial charge in [-0.25, -0.2) is 0 Å². The minimum atomic E-state index is -0.720. The molecule has 0 bridgehead atoms. The van der Waals surface area contributed by atoms with Crippen LogP contribution in [0.4, 0.5) is 0 Å². The molecule has 1 amide bonds. The number of amides is 1. The third-order valence-electron chi connectivity index (χ3n) is 5.39. The number of ether oxygens (including phenoxy) is 2. The molecular weight excluding hydrogens is 432 g/mol. The average Bonchev–Trinajstić information content (AvgIpc) is 3.03. The van der Waals surface area contributed by atoms with E-state index in [1.807, 2.05) is 19.0 Å². The summed E-state index contributed by atoms with van der Waals surface area (Å²) in [4.78, 5) is 29.5. The number of hydrogen-bond donors (Lipinski definition) is 1. The second-order valence-corrected chi connectivity index (χ2v) is 8.21. The van der Waals surface area contributed by atoms with Crippen molar-refractivity contribution in [3.63, 3.8) is 0 Å². The van der Waals surface area contributed by atoms with Gasteiger partial charge in [0.25, 0.3) is 11.7 Å². The fourth-order valence-electron chi connectivity index (χ4n) is 3.80. The highest BCUT2D eigenvalue weighted by Gasteiger charge is 2.45. The summed E-state index contributed by atoms with van der Waals surface area (Å²) < 4.78 is 10.6. The van der Waals surface area contributed by atoms with Crippen LogP contribution >= 0.6 is 11.6 Å². The average molecular weight is 459 g/mol. The molecule has 1 atom stereocenters. The molecule has 0 aromatic heterocycles. The number of ketones is 1. The summed E-state index contributed by atoms with van der Waals surface area (Å²) in [6.07, 6.45) is 0.681. The number of carbonyl (C=O) groups is 2. The van der Waals surface area contributed by atoms with Crippen molar-refractivity contribution in [2.45, 2.75) is 12.5 Å². The number of hydrogen-bond acceptors (Lipinski definition) is 6. The largest absolute Gasteiger partial charge is 0.507 e. The third-order valence-corrected chi connectivity index (χ3v) is 5.64. The van der Waals surface area contributed by atoms with Crippen LogP contribution in [0, 0.1) is 0 Å². The molecule has 0 saturated carbocycles. The lowest BCUT2D eigenvalue weighted by molar-refractivity contribution is -0.139. The van der Waals surface area contributed by atoms with E-state index in [4.69, 9.17) is 21.1 Å². The van der Waals surface area contributed by atoms with Crippen molar-refractivity contribution in [3.8, 4) is 11.5 Å². The first kappa shape index (κ1) is 23.6. The predicted molar refractivity (Wildman–Crippen MR) is 123 cm³/mol. The lowest BCUT2D eigenvalue weighted by Gasteiger charge is -2.26. The normalized spacial score (nSPS) is 17.8. The molecule has 1 saturated heterocycles. The van der Waals surface area contributed by atoms with Gasteiger partial charge in [0.05, 0.1) is 25.8 Å². The van der Waals surface area contributed by atoms with Gasteiger partial charge in [0.15, 0.2) is 11.5 Å². The van der Waals surface area contributed by atoms with E-state index < -0.39 is 17.7 Å². The Kier molecular flexibility index (Phi) is 7.43. The number of benzene rings is 2. The molecular formula is C24H27ClN2O5. The van der Waals surface area contributed by atoms with Gasteiger partial charge in [0.1, 0.15) is 5.76 Å². The number of likely N-dealkylation sites (tertiary alicyclic amines) is 1. The zero-order chi connectivity index (χ0) is 23.4. The molecule has 170 valence electrons. The summed E-state index contributed by atoms with van der Waals surface area (Å²) in [6.45, 7) is 1.13. The maximum absolute atomic E-state index is 13.1. The molecule has 8 heteroatoms. The zero-order valence-electron chi connectivity index (χ0n) is 18.6. The molecule has 0 aliphatic carbocycles. The van der Waals surface area contributed by atoms with E-state index >= 15 is 0 Å². The Morgan fingerprint density at radius 2 is 1.72 bits per heavy atom. The Morgan fingerprint density at radius 3 is 2.31 bits per heavy atom. The number of aliphatic hydroxyl groups excluding tert-OH is 1. The van der Waals surface area contributed by atoms with Crippen molar-refractivity contribution in [1.29, 1.82) is 0 Å². The minimum absolute atomic E-state index is 0.0365. The Morgan fingerprint density at radius 1 is 1.06 bits per heavy atom. The summed E-state index contributed by atoms with van der Waals surface area (Å²) in [5.74, 6) is -0.727. The molecule has 0 spiro atoms. The molecule has 0 radical (unpaired) electrons. The van der Waals surface area contributed by atoms with Crippen LogP contribution in [0.15, 0.2) is 48.0 Å². The molecule has 1 aliphatic rings. The van der Waals surface area contributed by atoms with Crippen molar-refractivity contribution in [2.75, 3.05) is 41.4 Å². The topological polar surface area (TPSA) is 79.3 Å². The SMILES string of the molecule is COc1ccc(C(O)=C2C(=O)C(=O)N(CCCN(C)C)[C@H]2c2ccc(Cl)cc2)cc1OC. The van der Waals surface area contributed by atoms with E-state index in [9.17, 15) is 14.7 Å². The number of Topliss-reactive ketones (excluding diaryl/α,β-unsaturated/α-hetero) is 1. The number of nitrogens with zero attached hydrogens (tertiary/aromatic N) is 2. The second kappa shape index (κ2) is 10.1. The predicted octanol–water partition coefficient (Wildman–Crippen LogP) is 3.73. The number of methoxy groups -OCH3 is 2. The summed E-state index contributed by atoms with van der Waals surface area (Å²) in [7, 11) is 6.89. The van der Waals surface area contributed by atoms with Crippen LogP contribution in [0.25, 0.3) is 5.76 Å². The lowest BCUT2D eigenvalue weighted by Crippen LogP contribution is -2.32. The van der Waals surface area contributed by atoms with Crippen LogP contribution in [0.1, 0.15) is 23.6 Å². The van der Waals surface area contributed by atoms with Gasteiger partial charge in [-0.05, 0) is 63.0 Å². The van der Waals surface area contributed by atoms with Crippen molar-refractivity contribution >= 4 is 29.1 Å². The first-order valence-corrected chi connectivity index (χ1v) is 10.6. The fraction of sp³-hybridized carbons (Fsp3) is 0.333. The smallest absolute Gasteiger partial charge is 0.295 e. The van der Waals surface area contributed by atoms with Gasteiger partial charge in [-0.3, -0.25) is 9.59 Å². The fourth-order valence-corrected chi connectivity index (χ4v) is 3.92. The highest BCUT2D eigenvalue weighted by molar-refractivity contribution is 6.46. The molecule has 0 unspecified atom stereocenters. The highest BCUT2D eigenvalue weighted by atomic mass is 35.5. The van der Waals surface area contributed by atoms with Gasteiger partial charge in [-0.15, -0.1) is 0 Å². The number of carbonyl (C=O) groups excluding carboxylic acids is 2. The summed E-state index contributed by atoms with van der Waals surface area (Å²) in [5, 5.41) is 11.7. The monoisotopic (exact) mass is 458 g/mol. The zero-order valence-corrected chi connectivity index (χ0v) is 19.3. The lowest BCUT2D eigenvalue weighted by atomic mass is 9.95. The van der Waals surface area contributed by atoms with Gasteiger partial charge in [0.2, 0.25) is 0 Å². The van der Waals surface area contributed by atoms with E-state index in [-0.39, 0.29) is 11.3 Å². The molecule has 7 nitrogen and oxygen atoms in total. The van der Waals surface area contributed by atoms with Crippen LogP contribution < -0.4 is 9.47 Å². The van der Waals surface area contributed by atoms with Gasteiger partial charge >= 0.3 is 0 Å². The highest BCUT2D eigenvalue weighted by Crippen LogP contribution is 2.41. The molecule has 1 fully saturated rings. The first-order chi connectivity index (χ1) is 15.3. The van der Waals surface area contributed by atoms with Crippen molar-refractivity contribution in [1.82, 2.24) is 9.80 Å². The molecule has 3 rings (SSSR count). The minimum Gasteiger partial charge on any atom is -0.507 e. The molecule has 1 N–H and O–H groups in total. The van der Waals surface area contributed by atoms with E-state index in [0.29, 0.717) is 40.6 Å². The maximum Gasteiger partial charge on any atom is 0.295 e. The van der Waals surface area contributed by atoms with Crippen molar-refractivity contribution < 1.29 is 24.2 Å². The Hall–Kier alpha value is -3.03. The Bertz CT molecular complexity index is 1030. The molecule has 2 aromatic carbocycles. The van der Waals surface area contributed by atoms with Crippen molar-refractivity contribution in [2.24, 2.45) is 0 Å². The van der Waals surface area contributed by atoms with Gasteiger partial charge in [0, 0.05) is 17.1 Å². The number of aliphatic hydroxyl groups is 1. The number of rotatable bonds is 8.